The first-order valence-corrected chi connectivity index (χ1v) is 6.01. The molecule has 0 radical (unpaired) electrons. The highest BCUT2D eigenvalue weighted by Crippen LogP contribution is 2.31. The molecule has 0 spiro atoms. The fourth-order valence-electron chi connectivity index (χ4n) is 2.08. The number of carboxylic acid groups (broad SMARTS) is 1. The van der Waals surface area contributed by atoms with Crippen molar-refractivity contribution in [2.75, 3.05) is 18.0 Å². The number of pyridine rings is 1. The van der Waals surface area contributed by atoms with Gasteiger partial charge < -0.3 is 10.0 Å². The number of aromatic nitrogens is 1. The van der Waals surface area contributed by atoms with Crippen LogP contribution in [0.15, 0.2) is 23.8 Å². The summed E-state index contributed by atoms with van der Waals surface area (Å²) < 4.78 is 37.5. The summed E-state index contributed by atoms with van der Waals surface area (Å²) in [6.07, 6.45) is -3.22. The van der Waals surface area contributed by atoms with Crippen LogP contribution in [0.5, 0.6) is 0 Å². The van der Waals surface area contributed by atoms with Gasteiger partial charge in [0.15, 0.2) is 0 Å². The molecule has 0 saturated heterocycles. The van der Waals surface area contributed by atoms with Crippen LogP contribution in [0.2, 0.25) is 0 Å². The lowest BCUT2D eigenvalue weighted by Gasteiger charge is -2.28. The van der Waals surface area contributed by atoms with E-state index >= 15 is 0 Å². The molecule has 0 bridgehead atoms. The van der Waals surface area contributed by atoms with Gasteiger partial charge in [0.2, 0.25) is 0 Å². The van der Waals surface area contributed by atoms with Crippen molar-refractivity contribution in [2.45, 2.75) is 19.5 Å². The lowest BCUT2D eigenvalue weighted by molar-refractivity contribution is -0.0944. The predicted octanol–water partition coefficient (Wildman–Crippen LogP) is 2.79. The lowest BCUT2D eigenvalue weighted by atomic mass is 10.1. The van der Waals surface area contributed by atoms with E-state index < -0.39 is 17.7 Å². The molecular formula is C13H13F3N2O2. The second kappa shape index (κ2) is 5.15. The van der Waals surface area contributed by atoms with Gasteiger partial charge in [0.05, 0.1) is 11.3 Å². The summed E-state index contributed by atoms with van der Waals surface area (Å²) in [7, 11) is 0. The minimum atomic E-state index is -4.28. The van der Waals surface area contributed by atoms with Crippen LogP contribution in [-0.2, 0) is 0 Å². The standard InChI is InChI=1S/C13H13F3N2O2/c1-8-10(12(19)20)2-3-11(17-8)18-6-4-9(5-7-18)13(14,15)16/h2-4H,5-7H2,1H3,(H,19,20). The van der Waals surface area contributed by atoms with Gasteiger partial charge in [0.25, 0.3) is 0 Å². The number of rotatable bonds is 2. The molecule has 0 saturated carbocycles. The molecule has 0 unspecified atom stereocenters. The van der Waals surface area contributed by atoms with E-state index in [1.54, 1.807) is 11.8 Å². The van der Waals surface area contributed by atoms with Gasteiger partial charge in [-0.2, -0.15) is 13.2 Å². The molecule has 1 aliphatic heterocycles. The minimum Gasteiger partial charge on any atom is -0.478 e. The monoisotopic (exact) mass is 286 g/mol. The molecule has 2 heterocycles. The second-order valence-corrected chi connectivity index (χ2v) is 4.53. The summed E-state index contributed by atoms with van der Waals surface area (Å²) in [5, 5.41) is 8.90. The van der Waals surface area contributed by atoms with Gasteiger partial charge in [0, 0.05) is 18.7 Å². The van der Waals surface area contributed by atoms with Crippen LogP contribution in [-0.4, -0.2) is 35.3 Å². The Labute approximate surface area is 113 Å². The Morgan fingerprint density at radius 1 is 1.40 bits per heavy atom. The van der Waals surface area contributed by atoms with E-state index in [-0.39, 0.29) is 25.1 Å². The highest BCUT2D eigenvalue weighted by molar-refractivity contribution is 5.89. The van der Waals surface area contributed by atoms with E-state index in [0.29, 0.717) is 11.5 Å². The van der Waals surface area contributed by atoms with Gasteiger partial charge in [-0.05, 0) is 25.5 Å². The van der Waals surface area contributed by atoms with Crippen LogP contribution < -0.4 is 4.90 Å². The van der Waals surface area contributed by atoms with Crippen LogP contribution >= 0.6 is 0 Å². The summed E-state index contributed by atoms with van der Waals surface area (Å²) in [4.78, 5) is 16.7. The van der Waals surface area contributed by atoms with Gasteiger partial charge in [-0.25, -0.2) is 9.78 Å². The Balaban J connectivity index is 2.17. The average Bonchev–Trinajstić information content (AvgIpc) is 2.37. The molecule has 0 aromatic carbocycles. The highest BCUT2D eigenvalue weighted by Gasteiger charge is 2.34. The highest BCUT2D eigenvalue weighted by atomic mass is 19.4. The summed E-state index contributed by atoms with van der Waals surface area (Å²) in [6, 6.07) is 2.94. The van der Waals surface area contributed by atoms with Crippen LogP contribution in [0, 0.1) is 6.92 Å². The Kier molecular flexibility index (Phi) is 3.69. The molecule has 0 atom stereocenters. The number of nitrogens with zero attached hydrogens (tertiary/aromatic N) is 2. The topological polar surface area (TPSA) is 53.4 Å². The van der Waals surface area contributed by atoms with Crippen LogP contribution in [0.4, 0.5) is 19.0 Å². The molecular weight excluding hydrogens is 273 g/mol. The summed E-state index contributed by atoms with van der Waals surface area (Å²) in [5.74, 6) is -0.579. The van der Waals surface area contributed by atoms with Crippen LogP contribution in [0.1, 0.15) is 22.5 Å². The van der Waals surface area contributed by atoms with Crippen molar-refractivity contribution in [1.82, 2.24) is 4.98 Å². The van der Waals surface area contributed by atoms with E-state index in [9.17, 15) is 18.0 Å². The molecule has 1 aromatic rings. The Morgan fingerprint density at radius 3 is 2.55 bits per heavy atom. The molecule has 20 heavy (non-hydrogen) atoms. The van der Waals surface area contributed by atoms with Gasteiger partial charge in [-0.15, -0.1) is 0 Å². The zero-order chi connectivity index (χ0) is 14.9. The molecule has 0 aliphatic carbocycles. The fourth-order valence-corrected chi connectivity index (χ4v) is 2.08. The van der Waals surface area contributed by atoms with Gasteiger partial charge in [-0.1, -0.05) is 6.08 Å². The number of carboxylic acids is 1. The zero-order valence-electron chi connectivity index (χ0n) is 10.7. The number of hydrogen-bond acceptors (Lipinski definition) is 3. The smallest absolute Gasteiger partial charge is 0.412 e. The summed E-state index contributed by atoms with van der Waals surface area (Å²) in [6.45, 7) is 1.89. The van der Waals surface area contributed by atoms with Crippen LogP contribution in [0.25, 0.3) is 0 Å². The molecule has 2 rings (SSSR count). The molecule has 1 N–H and O–H groups in total. The maximum Gasteiger partial charge on any atom is 0.412 e. The van der Waals surface area contributed by atoms with E-state index in [0.717, 1.165) is 6.08 Å². The quantitative estimate of drug-likeness (QED) is 0.849. The third-order valence-corrected chi connectivity index (χ3v) is 3.20. The molecule has 1 aliphatic rings. The zero-order valence-corrected chi connectivity index (χ0v) is 10.7. The number of hydrogen-bond donors (Lipinski definition) is 1. The van der Waals surface area contributed by atoms with Gasteiger partial charge >= 0.3 is 12.1 Å². The lowest BCUT2D eigenvalue weighted by Crippen LogP contribution is -2.32. The van der Waals surface area contributed by atoms with Gasteiger partial charge in [0.1, 0.15) is 5.82 Å². The van der Waals surface area contributed by atoms with E-state index in [2.05, 4.69) is 4.98 Å². The number of aromatic carboxylic acids is 1. The number of anilines is 1. The molecule has 0 fully saturated rings. The van der Waals surface area contributed by atoms with Crippen molar-refractivity contribution in [1.29, 1.82) is 0 Å². The Morgan fingerprint density at radius 2 is 2.10 bits per heavy atom. The molecule has 1 aromatic heterocycles. The normalized spacial score (nSPS) is 16.0. The van der Waals surface area contributed by atoms with Crippen molar-refractivity contribution in [3.05, 3.63) is 35.0 Å². The maximum absolute atomic E-state index is 12.5. The van der Waals surface area contributed by atoms with E-state index in [1.165, 1.54) is 12.1 Å². The van der Waals surface area contributed by atoms with Gasteiger partial charge in [-0.3, -0.25) is 0 Å². The van der Waals surface area contributed by atoms with Crippen molar-refractivity contribution in [2.24, 2.45) is 0 Å². The first-order valence-electron chi connectivity index (χ1n) is 6.01. The van der Waals surface area contributed by atoms with Crippen molar-refractivity contribution < 1.29 is 23.1 Å². The number of halogens is 3. The van der Waals surface area contributed by atoms with Crippen molar-refractivity contribution in [3.63, 3.8) is 0 Å². The minimum absolute atomic E-state index is 0.0924. The third kappa shape index (κ3) is 2.92. The average molecular weight is 286 g/mol. The molecule has 0 amide bonds. The number of carbonyl (C=O) groups is 1. The first-order chi connectivity index (χ1) is 9.29. The Bertz CT molecular complexity index is 567. The van der Waals surface area contributed by atoms with Crippen LogP contribution in [0.3, 0.4) is 0 Å². The summed E-state index contributed by atoms with van der Waals surface area (Å²) >= 11 is 0. The third-order valence-electron chi connectivity index (χ3n) is 3.20. The predicted molar refractivity (Wildman–Crippen MR) is 66.9 cm³/mol. The first kappa shape index (κ1) is 14.4. The molecule has 7 heteroatoms. The van der Waals surface area contributed by atoms with E-state index in [1.807, 2.05) is 0 Å². The largest absolute Gasteiger partial charge is 0.478 e. The second-order valence-electron chi connectivity index (χ2n) is 4.53. The Hall–Kier alpha value is -2.05. The maximum atomic E-state index is 12.5. The molecule has 4 nitrogen and oxygen atoms in total. The van der Waals surface area contributed by atoms with Crippen molar-refractivity contribution >= 4 is 11.8 Å². The number of aryl methyl sites for hydroxylation is 1. The van der Waals surface area contributed by atoms with Crippen molar-refractivity contribution in [3.8, 4) is 0 Å². The SMILES string of the molecule is Cc1nc(N2CC=C(C(F)(F)F)CC2)ccc1C(=O)O. The fraction of sp³-hybridized carbons (Fsp3) is 0.385. The molecule has 108 valence electrons. The van der Waals surface area contributed by atoms with E-state index in [4.69, 9.17) is 5.11 Å². The number of alkyl halides is 3. The summed E-state index contributed by atoms with van der Waals surface area (Å²) in [5.41, 5.74) is -0.0782.